The maximum absolute atomic E-state index is 12.5. The van der Waals surface area contributed by atoms with Crippen molar-refractivity contribution < 1.29 is 76.4 Å². The number of fused-ring (bicyclic) bond motifs is 3. The van der Waals surface area contributed by atoms with Crippen LogP contribution in [0.5, 0.6) is 0 Å². The standard InChI is InChI=1S/C27H31N9O15P2/c1-10-3-12-13(4-11(10)2)35(24-18(32-12)25(42)34-27(43)33-24)5-14(37)19(39)15(38)6-48-52(44,45)51-53(46,47)49-7-16-20(40)21(41)26(50-16)36-9-31-17-22(28)29-8-30-23(17)36/h3-5,8-9,14-16,19-21,26,37-41H,6-7H2,1-2H3,(H4-,28,29,30,34,42,43,44,45,46,47)/p+1/t14-,15+,16+,19-,20+,21+,26+/m0/s1. The Morgan fingerprint density at radius 2 is 1.75 bits per heavy atom. The summed E-state index contributed by atoms with van der Waals surface area (Å²) in [5.74, 6) is -0.854. The van der Waals surface area contributed by atoms with Crippen LogP contribution in [0.1, 0.15) is 27.8 Å². The van der Waals surface area contributed by atoms with Crippen molar-refractivity contribution in [1.29, 1.82) is 0 Å². The lowest BCUT2D eigenvalue weighted by Gasteiger charge is -2.22. The highest BCUT2D eigenvalue weighted by atomic mass is 31.3. The first-order valence-electron chi connectivity index (χ1n) is 15.3. The minimum atomic E-state index is -5.55. The number of amides is 3. The summed E-state index contributed by atoms with van der Waals surface area (Å²) >= 11 is 0. The fraction of sp³-hybridized carbons (Fsp3) is 0.407. The molecule has 24 nitrogen and oxygen atoms in total. The average molecular weight is 785 g/mol. The number of hydrogen-bond acceptors (Lipinski definition) is 18. The molecule has 0 aliphatic carbocycles. The third-order valence-corrected chi connectivity index (χ3v) is 10.8. The first kappa shape index (κ1) is 38.5. The van der Waals surface area contributed by atoms with Crippen LogP contribution in [0.3, 0.4) is 0 Å². The molecule has 9 atom stereocenters. The van der Waals surface area contributed by atoms with Crippen LogP contribution in [0, 0.1) is 20.1 Å². The van der Waals surface area contributed by atoms with Gasteiger partial charge in [0.25, 0.3) is 5.91 Å². The van der Waals surface area contributed by atoms with Crippen LogP contribution in [-0.2, 0) is 27.2 Å². The summed E-state index contributed by atoms with van der Waals surface area (Å²) in [6.07, 6.45) is -9.25. The molecule has 1 saturated heterocycles. The Kier molecular flexibility index (Phi) is 10.5. The Labute approximate surface area is 295 Å². The van der Waals surface area contributed by atoms with Crippen molar-refractivity contribution >= 4 is 55.6 Å². The number of nitrogens with two attached hydrogens (primary N) is 1. The van der Waals surface area contributed by atoms with E-state index in [0.29, 0.717) is 0 Å². The van der Waals surface area contributed by atoms with Crippen molar-refractivity contribution in [2.24, 2.45) is 4.99 Å². The first-order chi connectivity index (χ1) is 24.9. The number of imidazole rings is 1. The number of ether oxygens (including phenoxy) is 1. The highest BCUT2D eigenvalue weighted by molar-refractivity contribution is 7.61. The minimum Gasteiger partial charge on any atom is -0.388 e. The second-order valence-electron chi connectivity index (χ2n) is 11.9. The number of carbonyl (C=O) groups is 2. The van der Waals surface area contributed by atoms with E-state index >= 15 is 0 Å². The van der Waals surface area contributed by atoms with Gasteiger partial charge in [-0.1, -0.05) is 0 Å². The molecule has 3 amide bonds. The number of benzene rings is 1. The van der Waals surface area contributed by atoms with Gasteiger partial charge in [-0.3, -0.25) is 18.4 Å². The fourth-order valence-electron chi connectivity index (χ4n) is 5.39. The van der Waals surface area contributed by atoms with Crippen LogP contribution in [-0.4, -0.2) is 122 Å². The summed E-state index contributed by atoms with van der Waals surface area (Å²) < 4.78 is 46.4. The van der Waals surface area contributed by atoms with Gasteiger partial charge in [-0.05, 0) is 37.1 Å². The average Bonchev–Trinajstić information content (AvgIpc) is 3.63. The summed E-state index contributed by atoms with van der Waals surface area (Å²) in [6.45, 7) is 1.33. The molecule has 53 heavy (non-hydrogen) atoms. The number of imide groups is 1. The molecule has 0 bridgehead atoms. The highest BCUT2D eigenvalue weighted by Gasteiger charge is 2.46. The van der Waals surface area contributed by atoms with Gasteiger partial charge in [0.05, 0.1) is 19.5 Å². The molecule has 5 heterocycles. The number of aryl methyl sites for hydroxylation is 2. The number of hydrogen-bond donors (Lipinski definition) is 9. The van der Waals surface area contributed by atoms with E-state index in [1.54, 1.807) is 26.0 Å². The number of anilines is 1. The number of aliphatic hydroxyl groups excluding tert-OH is 5. The van der Waals surface area contributed by atoms with E-state index < -0.39 is 83.6 Å². The molecule has 1 fully saturated rings. The Bertz CT molecular complexity index is 2350. The number of nitrogens with one attached hydrogen (secondary N) is 1. The zero-order valence-electron chi connectivity index (χ0n) is 27.3. The molecule has 0 spiro atoms. The summed E-state index contributed by atoms with van der Waals surface area (Å²) in [5, 5.41) is 54.9. The van der Waals surface area contributed by atoms with Gasteiger partial charge in [0.1, 0.15) is 60.2 Å². The van der Waals surface area contributed by atoms with Gasteiger partial charge in [-0.15, -0.1) is 0 Å². The molecule has 6 rings (SSSR count). The van der Waals surface area contributed by atoms with Crippen LogP contribution < -0.4 is 20.8 Å². The number of rotatable bonds is 12. The lowest BCUT2D eigenvalue weighted by molar-refractivity contribution is -0.506. The van der Waals surface area contributed by atoms with E-state index in [-0.39, 0.29) is 39.2 Å². The molecule has 0 saturated carbocycles. The Morgan fingerprint density at radius 1 is 1.06 bits per heavy atom. The Balaban J connectivity index is 1.10. The van der Waals surface area contributed by atoms with Crippen LogP contribution in [0.25, 0.3) is 22.2 Å². The summed E-state index contributed by atoms with van der Waals surface area (Å²) in [6, 6.07) is 2.22. The molecule has 2 unspecified atom stereocenters. The lowest BCUT2D eigenvalue weighted by atomic mass is 10.1. The van der Waals surface area contributed by atoms with E-state index in [0.717, 1.165) is 27.9 Å². The largest absolute Gasteiger partial charge is 0.481 e. The van der Waals surface area contributed by atoms with Crippen molar-refractivity contribution in [3.63, 3.8) is 0 Å². The maximum Gasteiger partial charge on any atom is 0.481 e. The number of phosphoric ester groups is 2. The van der Waals surface area contributed by atoms with E-state index in [2.05, 4.69) is 33.8 Å². The summed E-state index contributed by atoms with van der Waals surface area (Å²) in [7, 11) is -11.0. The highest BCUT2D eigenvalue weighted by Crippen LogP contribution is 2.60. The predicted molar refractivity (Wildman–Crippen MR) is 171 cm³/mol. The van der Waals surface area contributed by atoms with Gasteiger partial charge in [0, 0.05) is 4.99 Å². The number of urea groups is 1. The summed E-state index contributed by atoms with van der Waals surface area (Å²) in [4.78, 5) is 64.5. The monoisotopic (exact) mass is 784 g/mol. The zero-order chi connectivity index (χ0) is 38.6. The van der Waals surface area contributed by atoms with Crippen molar-refractivity contribution in [3.05, 3.63) is 53.3 Å². The maximum atomic E-state index is 12.5. The molecule has 2 aliphatic rings. The molecule has 284 valence electrons. The topological polar surface area (TPSA) is 360 Å². The van der Waals surface area contributed by atoms with E-state index in [9.17, 15) is 54.0 Å². The van der Waals surface area contributed by atoms with Gasteiger partial charge < -0.3 is 45.8 Å². The predicted octanol–water partition coefficient (Wildman–Crippen LogP) is -2.99. The number of nitrogen functional groups attached to an aromatic ring is 1. The lowest BCUT2D eigenvalue weighted by Crippen LogP contribution is -2.52. The number of aromatic nitrogens is 6. The number of aliphatic hydroxyl groups is 5. The molecule has 2 aliphatic heterocycles. The van der Waals surface area contributed by atoms with Crippen LogP contribution in [0.4, 0.5) is 10.6 Å². The van der Waals surface area contributed by atoms with Crippen molar-refractivity contribution in [2.75, 3.05) is 18.9 Å². The normalized spacial score (nSPS) is 24.7. The van der Waals surface area contributed by atoms with Crippen molar-refractivity contribution in [1.82, 2.24) is 29.8 Å². The van der Waals surface area contributed by atoms with Gasteiger partial charge in [0.2, 0.25) is 5.69 Å². The van der Waals surface area contributed by atoms with E-state index in [1.807, 2.05) is 5.32 Å². The Hall–Kier alpha value is -4.26. The van der Waals surface area contributed by atoms with Gasteiger partial charge >= 0.3 is 27.2 Å². The zero-order valence-corrected chi connectivity index (χ0v) is 29.1. The van der Waals surface area contributed by atoms with Gasteiger partial charge in [0.15, 0.2) is 23.2 Å². The minimum absolute atomic E-state index is 0.0278. The van der Waals surface area contributed by atoms with Crippen molar-refractivity contribution in [3.8, 4) is 0 Å². The van der Waals surface area contributed by atoms with Gasteiger partial charge in [-0.25, -0.2) is 39.2 Å². The van der Waals surface area contributed by atoms with E-state index in [1.165, 1.54) is 10.9 Å². The fourth-order valence-corrected chi connectivity index (χ4v) is 7.49. The first-order valence-corrected chi connectivity index (χ1v) is 18.3. The van der Waals surface area contributed by atoms with Gasteiger partial charge in [-0.2, -0.15) is 8.55 Å². The molecule has 26 heteroatoms. The molecule has 10 N–H and O–H groups in total. The smallest absolute Gasteiger partial charge is 0.388 e. The summed E-state index contributed by atoms with van der Waals surface area (Å²) in [5.41, 5.74) is 7.52. The molecule has 0 radical (unpaired) electrons. The van der Waals surface area contributed by atoms with Crippen LogP contribution in [0.2, 0.25) is 0 Å². The number of nitrogens with zero attached hydrogens (tertiary/aromatic N) is 7. The van der Waals surface area contributed by atoms with Crippen LogP contribution in [0.15, 0.2) is 29.8 Å². The molecule has 4 aromatic rings. The quantitative estimate of drug-likeness (QED) is 0.0511. The Morgan fingerprint density at radius 3 is 2.49 bits per heavy atom. The molecule has 1 aromatic carbocycles. The third-order valence-electron chi connectivity index (χ3n) is 8.23. The molecular formula is C27H32N9O15P2+. The van der Waals surface area contributed by atoms with E-state index in [4.69, 9.17) is 15.0 Å². The SMILES string of the molecule is Cc1cc2nc3c([n+](=C[C@H](O)[C@H](O)[C@H](O)COP(=O)(O)OP(=O)(O)OC[C@H]4O[C@@H](n5cnc6c(N)ncnc65)[C@H](O)[C@@H]4O)c2cc1C)=NC(=O)NC3=O. The third kappa shape index (κ3) is 7.86. The molecule has 3 aromatic heterocycles. The van der Waals surface area contributed by atoms with Crippen molar-refractivity contribution in [2.45, 2.75) is 56.7 Å². The molecular weight excluding hydrogens is 752 g/mol. The second kappa shape index (κ2) is 14.5. The van der Waals surface area contributed by atoms with Crippen LogP contribution >= 0.6 is 15.6 Å². The number of phosphoric acid groups is 2. The second-order valence-corrected chi connectivity index (χ2v) is 14.9. The number of carbonyl (C=O) groups excluding carboxylic acids is 2.